The van der Waals surface area contributed by atoms with Gasteiger partial charge in [0.15, 0.2) is 23.0 Å². The largest absolute Gasteiger partial charge is 0.451 e. The minimum atomic E-state index is -0.627. The first-order valence-electron chi connectivity index (χ1n) is 14.5. The van der Waals surface area contributed by atoms with Gasteiger partial charge in [0.2, 0.25) is 12.1 Å². The lowest BCUT2D eigenvalue weighted by atomic mass is 10.1. The molecule has 2 heterocycles. The van der Waals surface area contributed by atoms with E-state index in [0.717, 1.165) is 22.4 Å². The molecule has 13 nitrogen and oxygen atoms in total. The fourth-order valence-corrected chi connectivity index (χ4v) is 4.91. The molecule has 0 aromatic heterocycles. The number of carbonyl (C=O) groups is 3. The quantitative estimate of drug-likeness (QED) is 0.241. The lowest BCUT2D eigenvalue weighted by Crippen LogP contribution is -2.29. The number of rotatable bonds is 6. The number of carbonyl (C=O) groups excluding carboxylic acids is 3. The van der Waals surface area contributed by atoms with Gasteiger partial charge in [0.05, 0.1) is 0 Å². The second kappa shape index (κ2) is 14.4. The Labute approximate surface area is 261 Å². The van der Waals surface area contributed by atoms with Crippen molar-refractivity contribution in [2.75, 3.05) is 0 Å². The van der Waals surface area contributed by atoms with Gasteiger partial charge in [0, 0.05) is 40.4 Å². The first-order chi connectivity index (χ1) is 21.4. The van der Waals surface area contributed by atoms with Crippen LogP contribution in [-0.4, -0.2) is 30.2 Å². The van der Waals surface area contributed by atoms with E-state index in [4.69, 9.17) is 36.1 Å². The predicted octanol–water partition coefficient (Wildman–Crippen LogP) is 3.68. The number of nitrogens with one attached hydrogen (secondary N) is 3. The van der Waals surface area contributed by atoms with Crippen LogP contribution in [0.3, 0.4) is 0 Å². The Morgan fingerprint density at radius 3 is 1.73 bits per heavy atom. The lowest BCUT2D eigenvalue weighted by molar-refractivity contribution is -0.0431. The van der Waals surface area contributed by atoms with Gasteiger partial charge in [-0.1, -0.05) is 30.3 Å². The minimum absolute atomic E-state index is 0.251. The van der Waals surface area contributed by atoms with Gasteiger partial charge in [0.1, 0.15) is 0 Å². The standard InChI is InChI=1S/C11H14N2O3.C11H14N2O.C10H12N2O3/c1-11(2)15-8-4-3-7(5-9(8)16-11)6-13-10(12)14;12-11(14)13-7-8-4-5-9-2-1-3-10(9)6-8;1-6-14-8-3-2-7(4-9(8)15-6)5-12-10(11)13/h3-5H,6H2,1-2H3,(H3,12,13,14);4-6H,1-3,7H2,(H3,12,13,14);2-4,6H,5H2,1H3,(H3,11,12,13). The molecule has 0 saturated heterocycles. The third-order valence-corrected chi connectivity index (χ3v) is 6.88. The van der Waals surface area contributed by atoms with Crippen LogP contribution in [0.25, 0.3) is 0 Å². The molecule has 2 aliphatic heterocycles. The molecule has 0 spiro atoms. The lowest BCUT2D eigenvalue weighted by Gasteiger charge is -2.16. The van der Waals surface area contributed by atoms with Gasteiger partial charge in [-0.3, -0.25) is 0 Å². The maximum absolute atomic E-state index is 10.6. The number of hydrogen-bond acceptors (Lipinski definition) is 7. The van der Waals surface area contributed by atoms with Crippen molar-refractivity contribution in [1.29, 1.82) is 0 Å². The third-order valence-electron chi connectivity index (χ3n) is 6.88. The molecule has 1 unspecified atom stereocenters. The second-order valence-corrected chi connectivity index (χ2v) is 11.1. The molecule has 6 amide bonds. The molecular formula is C32H40N6O7. The summed E-state index contributed by atoms with van der Waals surface area (Å²) >= 11 is 0. The Balaban J connectivity index is 0.000000154. The van der Waals surface area contributed by atoms with Crippen molar-refractivity contribution in [1.82, 2.24) is 16.0 Å². The van der Waals surface area contributed by atoms with Crippen LogP contribution in [0.4, 0.5) is 14.4 Å². The van der Waals surface area contributed by atoms with Crippen molar-refractivity contribution in [3.63, 3.8) is 0 Å². The van der Waals surface area contributed by atoms with Crippen LogP contribution in [0.5, 0.6) is 23.0 Å². The maximum atomic E-state index is 10.6. The Morgan fingerprint density at radius 1 is 0.667 bits per heavy atom. The van der Waals surface area contributed by atoms with Gasteiger partial charge in [-0.25, -0.2) is 14.4 Å². The fourth-order valence-electron chi connectivity index (χ4n) is 4.91. The summed E-state index contributed by atoms with van der Waals surface area (Å²) in [4.78, 5) is 31.6. The van der Waals surface area contributed by atoms with Crippen molar-refractivity contribution < 1.29 is 33.3 Å². The fraction of sp³-hybridized carbons (Fsp3) is 0.344. The van der Waals surface area contributed by atoms with Crippen molar-refractivity contribution in [2.24, 2.45) is 17.2 Å². The Morgan fingerprint density at radius 2 is 1.13 bits per heavy atom. The molecular weight excluding hydrogens is 580 g/mol. The number of amides is 6. The maximum Gasteiger partial charge on any atom is 0.312 e. The average Bonchev–Trinajstić information content (AvgIpc) is 3.68. The van der Waals surface area contributed by atoms with E-state index in [1.165, 1.54) is 30.4 Å². The van der Waals surface area contributed by atoms with Gasteiger partial charge in [-0.15, -0.1) is 0 Å². The Kier molecular flexibility index (Phi) is 10.4. The highest BCUT2D eigenvalue weighted by atomic mass is 16.7. The van der Waals surface area contributed by atoms with Crippen molar-refractivity contribution in [3.8, 4) is 23.0 Å². The summed E-state index contributed by atoms with van der Waals surface area (Å²) in [6.07, 6.45) is 3.36. The van der Waals surface area contributed by atoms with Crippen LogP contribution >= 0.6 is 0 Å². The van der Waals surface area contributed by atoms with Crippen LogP contribution in [-0.2, 0) is 32.5 Å². The topological polar surface area (TPSA) is 202 Å². The van der Waals surface area contributed by atoms with Crippen molar-refractivity contribution in [2.45, 2.75) is 71.7 Å². The van der Waals surface area contributed by atoms with Crippen LogP contribution in [0.2, 0.25) is 0 Å². The highest BCUT2D eigenvalue weighted by molar-refractivity contribution is 5.72. The molecule has 1 aliphatic carbocycles. The molecule has 3 aromatic carbocycles. The van der Waals surface area contributed by atoms with E-state index in [9.17, 15) is 14.4 Å². The molecule has 0 bridgehead atoms. The molecule has 1 atom stereocenters. The molecule has 3 aliphatic rings. The first kappa shape index (κ1) is 32.6. The summed E-state index contributed by atoms with van der Waals surface area (Å²) in [5.41, 5.74) is 20.8. The number of urea groups is 3. The average molecular weight is 621 g/mol. The molecule has 0 fully saturated rings. The molecule has 45 heavy (non-hydrogen) atoms. The Hall–Kier alpha value is -5.33. The van der Waals surface area contributed by atoms with Crippen LogP contribution in [0, 0.1) is 0 Å². The van der Waals surface area contributed by atoms with Crippen LogP contribution in [0.1, 0.15) is 55.0 Å². The van der Waals surface area contributed by atoms with E-state index in [2.05, 4.69) is 34.1 Å². The summed E-state index contributed by atoms with van der Waals surface area (Å²) in [6.45, 7) is 6.80. The molecule has 240 valence electrons. The SMILES string of the molecule is CC1(C)Oc2ccc(CNC(N)=O)cc2O1.CC1Oc2ccc(CNC(N)=O)cc2O1.NC(=O)NCc1ccc2c(c1)CCC2. The molecule has 6 rings (SSSR count). The predicted molar refractivity (Wildman–Crippen MR) is 167 cm³/mol. The van der Waals surface area contributed by atoms with E-state index in [1.54, 1.807) is 0 Å². The van der Waals surface area contributed by atoms with Gasteiger partial charge < -0.3 is 52.1 Å². The number of hydrogen-bond donors (Lipinski definition) is 6. The summed E-state index contributed by atoms with van der Waals surface area (Å²) in [5, 5.41) is 7.61. The van der Waals surface area contributed by atoms with E-state index < -0.39 is 23.9 Å². The zero-order chi connectivity index (χ0) is 32.6. The monoisotopic (exact) mass is 620 g/mol. The van der Waals surface area contributed by atoms with Crippen LogP contribution in [0.15, 0.2) is 54.6 Å². The van der Waals surface area contributed by atoms with E-state index >= 15 is 0 Å². The minimum Gasteiger partial charge on any atom is -0.451 e. The molecule has 0 saturated carbocycles. The van der Waals surface area contributed by atoms with Crippen molar-refractivity contribution >= 4 is 18.1 Å². The number of aryl methyl sites for hydroxylation is 2. The van der Waals surface area contributed by atoms with E-state index in [1.807, 2.05) is 57.2 Å². The Bertz CT molecular complexity index is 1540. The van der Waals surface area contributed by atoms with Crippen LogP contribution < -0.4 is 52.1 Å². The van der Waals surface area contributed by atoms with Crippen molar-refractivity contribution in [3.05, 3.63) is 82.4 Å². The normalized spacial score (nSPS) is 15.8. The summed E-state index contributed by atoms with van der Waals surface area (Å²) in [7, 11) is 0. The summed E-state index contributed by atoms with van der Waals surface area (Å²) < 4.78 is 21.9. The highest BCUT2D eigenvalue weighted by Gasteiger charge is 2.31. The summed E-state index contributed by atoms with van der Waals surface area (Å²) in [5.74, 6) is 2.20. The van der Waals surface area contributed by atoms with E-state index in [-0.39, 0.29) is 6.29 Å². The smallest absolute Gasteiger partial charge is 0.312 e. The number of fused-ring (bicyclic) bond motifs is 3. The number of nitrogens with two attached hydrogens (primary N) is 3. The zero-order valence-corrected chi connectivity index (χ0v) is 25.6. The van der Waals surface area contributed by atoms with Gasteiger partial charge in [0.25, 0.3) is 0 Å². The number of benzene rings is 3. The summed E-state index contributed by atoms with van der Waals surface area (Å²) in [6, 6.07) is 15.8. The van der Waals surface area contributed by atoms with Gasteiger partial charge in [-0.2, -0.15) is 0 Å². The molecule has 0 radical (unpaired) electrons. The van der Waals surface area contributed by atoms with Gasteiger partial charge in [-0.05, 0) is 71.3 Å². The van der Waals surface area contributed by atoms with Gasteiger partial charge >= 0.3 is 18.1 Å². The number of primary amides is 3. The third kappa shape index (κ3) is 9.85. The number of ether oxygens (including phenoxy) is 4. The molecule has 9 N–H and O–H groups in total. The zero-order valence-electron chi connectivity index (χ0n) is 25.6. The first-order valence-corrected chi connectivity index (χ1v) is 14.5. The molecule has 3 aromatic rings. The van der Waals surface area contributed by atoms with E-state index in [0.29, 0.717) is 36.9 Å². The molecule has 13 heteroatoms. The highest BCUT2D eigenvalue weighted by Crippen LogP contribution is 2.39. The second-order valence-electron chi connectivity index (χ2n) is 11.1.